The van der Waals surface area contributed by atoms with E-state index in [1.165, 1.54) is 30.2 Å². The zero-order valence-corrected chi connectivity index (χ0v) is 31.7. The number of piperidine rings is 1. The molecule has 0 unspecified atom stereocenters. The van der Waals surface area contributed by atoms with Crippen LogP contribution in [0.2, 0.25) is 0 Å². The predicted molar refractivity (Wildman–Crippen MR) is 199 cm³/mol. The van der Waals surface area contributed by atoms with E-state index in [1.807, 2.05) is 30.0 Å². The van der Waals surface area contributed by atoms with Gasteiger partial charge in [0.1, 0.15) is 11.1 Å². The number of hydrogen-bond donors (Lipinski definition) is 0. The van der Waals surface area contributed by atoms with Gasteiger partial charge in [-0.05, 0) is 95.2 Å². The van der Waals surface area contributed by atoms with Crippen molar-refractivity contribution in [2.45, 2.75) is 59.9 Å². The molecule has 3 heterocycles. The van der Waals surface area contributed by atoms with E-state index in [4.69, 9.17) is 11.3 Å². The number of esters is 1. The summed E-state index contributed by atoms with van der Waals surface area (Å²) in [5.41, 5.74) is -1.00. The summed E-state index contributed by atoms with van der Waals surface area (Å²) in [5.74, 6) is -1.08. The highest BCUT2D eigenvalue weighted by atomic mass is 32.2. The van der Waals surface area contributed by atoms with E-state index in [0.29, 0.717) is 38.0 Å². The maximum atomic E-state index is 16.1. The SMILES string of the molecule is [C-]#[N+][C@@](c1cccc(F)c1)(C1CCN(CC2(F)CN(c3ccc(S(=O)(=O)C4CN(C(=O)/C=C/CN(C)C)C4)cc3)C2)CC1)[C@H]1CCC[C@@H]1CC(=O)OC. The number of sulfone groups is 1. The van der Waals surface area contributed by atoms with Crippen LogP contribution in [0.4, 0.5) is 14.5 Å². The lowest BCUT2D eigenvalue weighted by Gasteiger charge is -2.49. The van der Waals surface area contributed by atoms with Gasteiger partial charge in [0.15, 0.2) is 15.5 Å². The van der Waals surface area contributed by atoms with Crippen molar-refractivity contribution in [3.63, 3.8) is 0 Å². The van der Waals surface area contributed by atoms with Gasteiger partial charge < -0.3 is 24.3 Å². The minimum absolute atomic E-state index is 0.0259. The molecule has 0 bridgehead atoms. The van der Waals surface area contributed by atoms with Crippen LogP contribution in [0.1, 0.15) is 44.1 Å². The zero-order valence-electron chi connectivity index (χ0n) is 30.9. The third kappa shape index (κ3) is 8.15. The van der Waals surface area contributed by atoms with Gasteiger partial charge >= 0.3 is 5.97 Å². The van der Waals surface area contributed by atoms with Crippen molar-refractivity contribution in [2.24, 2.45) is 17.8 Å². The maximum Gasteiger partial charge on any atom is 0.305 e. The Balaban J connectivity index is 1.04. The molecule has 53 heavy (non-hydrogen) atoms. The fourth-order valence-electron chi connectivity index (χ4n) is 9.06. The van der Waals surface area contributed by atoms with Gasteiger partial charge in [0, 0.05) is 61.8 Å². The average Bonchev–Trinajstić information content (AvgIpc) is 3.55. The van der Waals surface area contributed by atoms with Crippen LogP contribution >= 0.6 is 0 Å². The number of carbonyl (C=O) groups excluding carboxylic acids is 2. The van der Waals surface area contributed by atoms with Crippen LogP contribution in [0.3, 0.4) is 0 Å². The number of likely N-dealkylation sites (N-methyl/N-ethyl adjacent to an activating group) is 1. The van der Waals surface area contributed by atoms with Crippen LogP contribution in [0.25, 0.3) is 4.85 Å². The molecule has 0 N–H and O–H groups in total. The van der Waals surface area contributed by atoms with Crippen LogP contribution < -0.4 is 4.90 Å². The molecule has 0 radical (unpaired) electrons. The first-order valence-electron chi connectivity index (χ1n) is 18.6. The number of amides is 1. The summed E-state index contributed by atoms with van der Waals surface area (Å²) in [6.07, 6.45) is 7.31. The molecule has 3 saturated heterocycles. The monoisotopic (exact) mass is 751 g/mol. The molecule has 0 aromatic heterocycles. The van der Waals surface area contributed by atoms with E-state index in [2.05, 4.69) is 9.74 Å². The van der Waals surface area contributed by atoms with Crippen molar-refractivity contribution in [2.75, 3.05) is 78.5 Å². The largest absolute Gasteiger partial charge is 0.469 e. The lowest BCUT2D eigenvalue weighted by atomic mass is 9.63. The number of ether oxygens (including phenoxy) is 1. The van der Waals surface area contributed by atoms with Crippen molar-refractivity contribution in [1.29, 1.82) is 0 Å². The minimum Gasteiger partial charge on any atom is -0.469 e. The molecule has 1 aliphatic carbocycles. The Morgan fingerprint density at radius 1 is 1.08 bits per heavy atom. The first-order chi connectivity index (χ1) is 25.3. The van der Waals surface area contributed by atoms with Crippen molar-refractivity contribution in [1.82, 2.24) is 14.7 Å². The number of likely N-dealkylation sites (tertiary alicyclic amines) is 2. The second-order valence-electron chi connectivity index (χ2n) is 15.7. The highest BCUT2D eigenvalue weighted by Crippen LogP contribution is 2.54. The maximum absolute atomic E-state index is 16.1. The van der Waals surface area contributed by atoms with E-state index in [0.717, 1.165) is 24.9 Å². The van der Waals surface area contributed by atoms with Gasteiger partial charge in [0.05, 0.1) is 25.1 Å². The number of alkyl halides is 1. The van der Waals surface area contributed by atoms with Gasteiger partial charge in [0.25, 0.3) is 5.54 Å². The Labute approximate surface area is 312 Å². The van der Waals surface area contributed by atoms with Crippen LogP contribution in [0.15, 0.2) is 65.6 Å². The molecule has 3 atom stereocenters. The number of anilines is 1. The predicted octanol–water partition coefficient (Wildman–Crippen LogP) is 4.96. The number of carbonyl (C=O) groups is 2. The molecule has 1 amide bonds. The summed E-state index contributed by atoms with van der Waals surface area (Å²) in [4.78, 5) is 36.7. The van der Waals surface area contributed by atoms with Gasteiger partial charge in [-0.2, -0.15) is 0 Å². The van der Waals surface area contributed by atoms with E-state index in [1.54, 1.807) is 36.4 Å². The molecular weight excluding hydrogens is 701 g/mol. The quantitative estimate of drug-likeness (QED) is 0.161. The summed E-state index contributed by atoms with van der Waals surface area (Å²) in [6.45, 7) is 11.4. The van der Waals surface area contributed by atoms with E-state index < -0.39 is 26.3 Å². The van der Waals surface area contributed by atoms with Crippen LogP contribution in [-0.2, 0) is 29.7 Å². The smallest absolute Gasteiger partial charge is 0.305 e. The fourth-order valence-corrected chi connectivity index (χ4v) is 10.7. The molecule has 4 aliphatic rings. The Kier molecular flexibility index (Phi) is 11.6. The minimum atomic E-state index is -3.61. The lowest BCUT2D eigenvalue weighted by Crippen LogP contribution is -2.64. The highest BCUT2D eigenvalue weighted by Gasteiger charge is 2.58. The van der Waals surface area contributed by atoms with Crippen molar-refractivity contribution < 1.29 is 31.5 Å². The van der Waals surface area contributed by atoms with Crippen LogP contribution in [-0.4, -0.2) is 119 Å². The molecule has 3 aliphatic heterocycles. The van der Waals surface area contributed by atoms with Gasteiger partial charge in [-0.1, -0.05) is 24.6 Å². The molecule has 2 aromatic carbocycles. The zero-order chi connectivity index (χ0) is 38.0. The first-order valence-corrected chi connectivity index (χ1v) is 20.1. The third-order valence-electron chi connectivity index (χ3n) is 11.9. The molecule has 1 saturated carbocycles. The summed E-state index contributed by atoms with van der Waals surface area (Å²) in [6, 6.07) is 12.9. The van der Waals surface area contributed by atoms with Gasteiger partial charge in [0.2, 0.25) is 5.91 Å². The summed E-state index contributed by atoms with van der Waals surface area (Å²) in [5, 5.41) is -0.653. The highest BCUT2D eigenvalue weighted by molar-refractivity contribution is 7.92. The molecule has 2 aromatic rings. The number of benzene rings is 2. The Morgan fingerprint density at radius 2 is 1.77 bits per heavy atom. The number of halogens is 2. The molecule has 10 nitrogen and oxygen atoms in total. The van der Waals surface area contributed by atoms with Gasteiger partial charge in [-0.15, -0.1) is 0 Å². The number of rotatable bonds is 13. The second-order valence-corrected chi connectivity index (χ2v) is 17.9. The standard InChI is InChI=1S/C40H51F2N5O5S/c1-43-40(31-9-6-10-32(41)23-31,36-11-5-8-29(36)22-38(49)52-4)30-17-20-45(21-18-30)26-39(42)27-47(28-39)33-13-15-34(16-14-33)53(50,51)35-24-46(25-35)37(48)12-7-19-44(2)3/h6-7,9-10,12-16,23,29-30,35-36H,5,8,11,17-22,24-28H2,2-4H3/b12-7+/t29-,36+,40-/m1/s1. The Hall–Kier alpha value is -3.86. The van der Waals surface area contributed by atoms with Crippen LogP contribution in [0.5, 0.6) is 0 Å². The molecule has 286 valence electrons. The van der Waals surface area contributed by atoms with E-state index >= 15 is 4.39 Å². The first kappa shape index (κ1) is 38.9. The van der Waals surface area contributed by atoms with Crippen LogP contribution in [0, 0.1) is 30.1 Å². The third-order valence-corrected chi connectivity index (χ3v) is 14.0. The molecule has 6 rings (SSSR count). The second kappa shape index (κ2) is 15.9. The normalized spacial score (nSPS) is 23.7. The topological polar surface area (TPSA) is 94.8 Å². The number of hydrogen-bond acceptors (Lipinski definition) is 8. The summed E-state index contributed by atoms with van der Waals surface area (Å²) < 4.78 is 62.2. The Bertz CT molecular complexity index is 1810. The van der Waals surface area contributed by atoms with Gasteiger partial charge in [-0.3, -0.25) is 14.5 Å². The van der Waals surface area contributed by atoms with Crippen molar-refractivity contribution in [3.8, 4) is 0 Å². The van der Waals surface area contributed by atoms with Gasteiger partial charge in [-0.25, -0.2) is 23.8 Å². The molecular formula is C40H51F2N5O5S. The molecule has 4 fully saturated rings. The number of methoxy groups -OCH3 is 1. The average molecular weight is 752 g/mol. The summed E-state index contributed by atoms with van der Waals surface area (Å²) in [7, 11) is 1.56. The lowest BCUT2D eigenvalue weighted by molar-refractivity contribution is -0.142. The van der Waals surface area contributed by atoms with Crippen molar-refractivity contribution in [3.05, 3.63) is 83.5 Å². The van der Waals surface area contributed by atoms with Crippen molar-refractivity contribution >= 4 is 27.4 Å². The Morgan fingerprint density at radius 3 is 2.40 bits per heavy atom. The molecule has 13 heteroatoms. The van der Waals surface area contributed by atoms with E-state index in [9.17, 15) is 22.4 Å². The molecule has 0 spiro atoms. The summed E-state index contributed by atoms with van der Waals surface area (Å²) >= 11 is 0. The fraction of sp³-hybridized carbons (Fsp3) is 0.575. The van der Waals surface area contributed by atoms with E-state index in [-0.39, 0.29) is 79.5 Å². The number of nitrogens with zero attached hydrogens (tertiary/aromatic N) is 5.